The zero-order chi connectivity index (χ0) is 21.3. The van der Waals surface area contributed by atoms with Gasteiger partial charge in [-0.2, -0.15) is 0 Å². The number of hydrogen-bond acceptors (Lipinski definition) is 5. The number of hydrogen-bond donors (Lipinski definition) is 0. The number of anilines is 1. The van der Waals surface area contributed by atoms with Crippen LogP contribution in [0.3, 0.4) is 0 Å². The summed E-state index contributed by atoms with van der Waals surface area (Å²) in [5, 5.41) is 3.64. The lowest BCUT2D eigenvalue weighted by Crippen LogP contribution is -2.28. The Hall–Kier alpha value is -2.64. The number of thioether (sulfide) groups is 1. The molecule has 0 bridgehead atoms. The lowest BCUT2D eigenvalue weighted by atomic mass is 9.95. The van der Waals surface area contributed by atoms with Gasteiger partial charge in [0.2, 0.25) is 5.91 Å². The van der Waals surface area contributed by atoms with Gasteiger partial charge in [-0.1, -0.05) is 24.3 Å². The fourth-order valence-corrected chi connectivity index (χ4v) is 5.61. The molecule has 1 fully saturated rings. The number of amides is 1. The Morgan fingerprint density at radius 3 is 2.70 bits per heavy atom. The van der Waals surface area contributed by atoms with Crippen LogP contribution in [0.4, 0.5) is 10.1 Å². The highest BCUT2D eigenvalue weighted by Crippen LogP contribution is 2.47. The van der Waals surface area contributed by atoms with Crippen LogP contribution in [0.1, 0.15) is 33.8 Å². The van der Waals surface area contributed by atoms with E-state index in [0.29, 0.717) is 11.3 Å². The van der Waals surface area contributed by atoms with Crippen LogP contribution in [-0.4, -0.2) is 24.2 Å². The molecule has 1 unspecified atom stereocenters. The van der Waals surface area contributed by atoms with Crippen LogP contribution in [0.5, 0.6) is 0 Å². The maximum Gasteiger partial charge on any atom is 0.338 e. The zero-order valence-electron chi connectivity index (χ0n) is 16.6. The van der Waals surface area contributed by atoms with Gasteiger partial charge in [0.15, 0.2) is 0 Å². The van der Waals surface area contributed by atoms with Gasteiger partial charge in [-0.25, -0.2) is 9.18 Å². The minimum absolute atomic E-state index is 0.0137. The maximum atomic E-state index is 13.4. The molecule has 4 rings (SSSR count). The van der Waals surface area contributed by atoms with E-state index in [0.717, 1.165) is 27.9 Å². The largest absolute Gasteiger partial charge is 0.462 e. The summed E-state index contributed by atoms with van der Waals surface area (Å²) in [5.41, 5.74) is 4.62. The number of rotatable bonds is 5. The highest BCUT2D eigenvalue weighted by atomic mass is 32.2. The second-order valence-electron chi connectivity index (χ2n) is 6.87. The molecule has 0 radical (unpaired) electrons. The number of ether oxygens (including phenoxy) is 1. The summed E-state index contributed by atoms with van der Waals surface area (Å²) < 4.78 is 18.7. The lowest BCUT2D eigenvalue weighted by molar-refractivity contribution is -0.115. The molecule has 4 nitrogen and oxygen atoms in total. The molecule has 0 aliphatic carbocycles. The van der Waals surface area contributed by atoms with Crippen molar-refractivity contribution in [2.24, 2.45) is 0 Å². The molecule has 1 aromatic heterocycles. The van der Waals surface area contributed by atoms with Gasteiger partial charge in [-0.05, 0) is 43.2 Å². The average molecular weight is 442 g/mol. The number of carbonyl (C=O) groups is 2. The molecule has 3 aromatic rings. The Bertz CT molecular complexity index is 1090. The van der Waals surface area contributed by atoms with Gasteiger partial charge in [-0.3, -0.25) is 9.69 Å². The minimum Gasteiger partial charge on any atom is -0.462 e. The van der Waals surface area contributed by atoms with Crippen LogP contribution >= 0.6 is 23.1 Å². The highest BCUT2D eigenvalue weighted by Gasteiger charge is 2.36. The lowest BCUT2D eigenvalue weighted by Gasteiger charge is -2.25. The Kier molecular flexibility index (Phi) is 5.92. The van der Waals surface area contributed by atoms with E-state index in [9.17, 15) is 14.0 Å². The van der Waals surface area contributed by atoms with E-state index >= 15 is 0 Å². The molecule has 30 heavy (non-hydrogen) atoms. The topological polar surface area (TPSA) is 46.6 Å². The highest BCUT2D eigenvalue weighted by molar-refractivity contribution is 8.00. The number of esters is 1. The number of aryl methyl sites for hydroxylation is 1. The summed E-state index contributed by atoms with van der Waals surface area (Å²) in [6.45, 7) is 4.00. The summed E-state index contributed by atoms with van der Waals surface area (Å²) in [7, 11) is 0. The molecule has 1 saturated heterocycles. The smallest absolute Gasteiger partial charge is 0.338 e. The van der Waals surface area contributed by atoms with E-state index in [-0.39, 0.29) is 29.7 Å². The standard InChI is InChI=1S/C23H20FNO3S2/c1-3-28-23(27)17-6-4-5-14(2)21(17)18-11-29-12-19(18)25-20(26)13-30-22(25)15-7-9-16(24)10-8-15/h4-12,22H,3,13H2,1-2H3. The first-order valence-electron chi connectivity index (χ1n) is 9.53. The summed E-state index contributed by atoms with van der Waals surface area (Å²) in [6, 6.07) is 11.8. The number of thiophene rings is 1. The molecule has 7 heteroatoms. The second-order valence-corrected chi connectivity index (χ2v) is 8.68. The van der Waals surface area contributed by atoms with Crippen LogP contribution < -0.4 is 4.90 Å². The number of benzene rings is 2. The van der Waals surface area contributed by atoms with E-state index in [1.54, 1.807) is 30.0 Å². The van der Waals surface area contributed by atoms with E-state index in [1.165, 1.54) is 35.2 Å². The van der Waals surface area contributed by atoms with Crippen LogP contribution in [0.15, 0.2) is 53.2 Å². The van der Waals surface area contributed by atoms with Crippen molar-refractivity contribution < 1.29 is 18.7 Å². The third-order valence-electron chi connectivity index (χ3n) is 4.96. The first-order chi connectivity index (χ1) is 14.5. The first kappa shape index (κ1) is 20.6. The molecule has 0 spiro atoms. The van der Waals surface area contributed by atoms with E-state index < -0.39 is 0 Å². The van der Waals surface area contributed by atoms with Gasteiger partial charge in [-0.15, -0.1) is 23.1 Å². The first-order valence-corrected chi connectivity index (χ1v) is 11.5. The van der Waals surface area contributed by atoms with Crippen molar-refractivity contribution in [3.63, 3.8) is 0 Å². The molecule has 1 atom stereocenters. The monoisotopic (exact) mass is 441 g/mol. The predicted molar refractivity (Wildman–Crippen MR) is 120 cm³/mol. The Labute approximate surface area is 182 Å². The zero-order valence-corrected chi connectivity index (χ0v) is 18.2. The number of nitrogens with zero attached hydrogens (tertiary/aromatic N) is 1. The van der Waals surface area contributed by atoms with Gasteiger partial charge >= 0.3 is 5.97 Å². The maximum absolute atomic E-state index is 13.4. The van der Waals surface area contributed by atoms with Crippen molar-refractivity contribution in [2.45, 2.75) is 19.2 Å². The summed E-state index contributed by atoms with van der Waals surface area (Å²) >= 11 is 2.99. The average Bonchev–Trinajstić information content (AvgIpc) is 3.34. The molecule has 0 N–H and O–H groups in total. The summed E-state index contributed by atoms with van der Waals surface area (Å²) in [5.74, 6) is -0.365. The van der Waals surface area contributed by atoms with E-state index in [4.69, 9.17) is 4.74 Å². The molecule has 2 aromatic carbocycles. The minimum atomic E-state index is -0.384. The third-order valence-corrected chi connectivity index (χ3v) is 6.91. The molecule has 0 saturated carbocycles. The fraction of sp³-hybridized carbons (Fsp3) is 0.217. The fourth-order valence-electron chi connectivity index (χ4n) is 3.63. The molecular weight excluding hydrogens is 421 g/mol. The van der Waals surface area contributed by atoms with Gasteiger partial charge in [0.25, 0.3) is 0 Å². The van der Waals surface area contributed by atoms with Crippen molar-refractivity contribution >= 4 is 40.7 Å². The molecule has 154 valence electrons. The van der Waals surface area contributed by atoms with Crippen molar-refractivity contribution in [3.05, 3.63) is 75.7 Å². The van der Waals surface area contributed by atoms with Crippen molar-refractivity contribution in [3.8, 4) is 11.1 Å². The molecule has 1 amide bonds. The van der Waals surface area contributed by atoms with Crippen LogP contribution in [0, 0.1) is 12.7 Å². The van der Waals surface area contributed by atoms with Crippen LogP contribution in [-0.2, 0) is 9.53 Å². The Morgan fingerprint density at radius 2 is 1.97 bits per heavy atom. The molecule has 1 aliphatic heterocycles. The van der Waals surface area contributed by atoms with Crippen LogP contribution in [0.25, 0.3) is 11.1 Å². The van der Waals surface area contributed by atoms with Gasteiger partial charge in [0.05, 0.1) is 23.6 Å². The van der Waals surface area contributed by atoms with Crippen molar-refractivity contribution in [2.75, 3.05) is 17.3 Å². The number of carbonyl (C=O) groups excluding carboxylic acids is 2. The summed E-state index contributed by atoms with van der Waals surface area (Å²) in [4.78, 5) is 27.2. The van der Waals surface area contributed by atoms with Crippen molar-refractivity contribution in [1.82, 2.24) is 0 Å². The summed E-state index contributed by atoms with van der Waals surface area (Å²) in [6.07, 6.45) is 0. The van der Waals surface area contributed by atoms with Gasteiger partial charge in [0.1, 0.15) is 11.2 Å². The van der Waals surface area contributed by atoms with E-state index in [2.05, 4.69) is 0 Å². The Morgan fingerprint density at radius 1 is 1.20 bits per heavy atom. The number of halogens is 1. The third kappa shape index (κ3) is 3.75. The van der Waals surface area contributed by atoms with E-state index in [1.807, 2.05) is 29.8 Å². The molecular formula is C23H20FNO3S2. The SMILES string of the molecule is CCOC(=O)c1cccc(C)c1-c1cscc1N1C(=O)CSC1c1ccc(F)cc1. The normalized spacial score (nSPS) is 16.2. The predicted octanol–water partition coefficient (Wildman–Crippen LogP) is 5.82. The second kappa shape index (κ2) is 8.62. The van der Waals surface area contributed by atoms with Gasteiger partial charge in [0, 0.05) is 21.9 Å². The quantitative estimate of drug-likeness (QED) is 0.468. The Balaban J connectivity index is 1.81. The van der Waals surface area contributed by atoms with Crippen LogP contribution in [0.2, 0.25) is 0 Å². The molecule has 2 heterocycles. The van der Waals surface area contributed by atoms with Crippen molar-refractivity contribution in [1.29, 1.82) is 0 Å². The van der Waals surface area contributed by atoms with Gasteiger partial charge < -0.3 is 4.74 Å². The molecule has 1 aliphatic rings.